The molecule has 19 rings (SSSR count). The number of benzene rings is 14. The Balaban J connectivity index is 0.902. The second-order valence-corrected chi connectivity index (χ2v) is 25.0. The Labute approximate surface area is 529 Å². The van der Waals surface area contributed by atoms with Crippen molar-refractivity contribution >= 4 is 60.4 Å². The van der Waals surface area contributed by atoms with E-state index in [9.17, 15) is 0 Å². The molecular formula is C89H58N2. The van der Waals surface area contributed by atoms with Crippen LogP contribution in [-0.4, -0.2) is 4.57 Å². The molecule has 0 bridgehead atoms. The Bertz CT molecular complexity index is 5600. The second-order valence-electron chi connectivity index (χ2n) is 25.0. The third kappa shape index (κ3) is 7.13. The molecule has 91 heavy (non-hydrogen) atoms. The molecule has 0 saturated carbocycles. The summed E-state index contributed by atoms with van der Waals surface area (Å²) in [7, 11) is 0. The van der Waals surface area contributed by atoms with Crippen LogP contribution in [0.5, 0.6) is 0 Å². The van der Waals surface area contributed by atoms with Crippen LogP contribution in [0.25, 0.3) is 105 Å². The molecule has 4 aliphatic carbocycles. The van der Waals surface area contributed by atoms with E-state index < -0.39 is 10.8 Å². The zero-order chi connectivity index (χ0) is 59.9. The van der Waals surface area contributed by atoms with E-state index in [0.717, 1.165) is 34.7 Å². The fourth-order valence-electron chi connectivity index (χ4n) is 17.0. The number of hydrogen-bond acceptors (Lipinski definition) is 1. The van der Waals surface area contributed by atoms with Gasteiger partial charge in [0.15, 0.2) is 0 Å². The van der Waals surface area contributed by atoms with E-state index in [2.05, 4.69) is 337 Å². The monoisotopic (exact) mass is 1150 g/mol. The summed E-state index contributed by atoms with van der Waals surface area (Å²) in [6.45, 7) is 5.02. The Hall–Kier alpha value is -11.6. The highest BCUT2D eigenvalue weighted by Gasteiger charge is 2.52. The molecule has 1 atom stereocenters. The molecule has 2 heteroatoms. The Morgan fingerprint density at radius 1 is 0.308 bits per heavy atom. The average molecular weight is 1160 g/mol. The molecule has 1 heterocycles. The van der Waals surface area contributed by atoms with Gasteiger partial charge in [-0.1, -0.05) is 261 Å². The van der Waals surface area contributed by atoms with Crippen molar-refractivity contribution in [1.82, 2.24) is 4.57 Å². The van der Waals surface area contributed by atoms with Gasteiger partial charge in [-0.25, -0.2) is 0 Å². The van der Waals surface area contributed by atoms with Crippen LogP contribution in [0.3, 0.4) is 0 Å². The Morgan fingerprint density at radius 3 is 1.38 bits per heavy atom. The van der Waals surface area contributed by atoms with Crippen LogP contribution >= 0.6 is 0 Å². The number of hydrogen-bond donors (Lipinski definition) is 0. The van der Waals surface area contributed by atoms with E-state index >= 15 is 0 Å². The van der Waals surface area contributed by atoms with Crippen LogP contribution in [0.15, 0.2) is 340 Å². The lowest BCUT2D eigenvalue weighted by atomic mass is 9.66. The van der Waals surface area contributed by atoms with Gasteiger partial charge in [-0.15, -0.1) is 0 Å². The maximum absolute atomic E-state index is 5.02. The van der Waals surface area contributed by atoms with Crippen LogP contribution < -0.4 is 4.90 Å². The summed E-state index contributed by atoms with van der Waals surface area (Å²) < 4.78 is 2.40. The van der Waals surface area contributed by atoms with E-state index in [-0.39, 0.29) is 0 Å². The minimum atomic E-state index is -0.639. The van der Waals surface area contributed by atoms with Gasteiger partial charge >= 0.3 is 0 Å². The quantitative estimate of drug-likeness (QED) is 0.151. The number of rotatable bonds is 6. The van der Waals surface area contributed by atoms with E-state index in [1.807, 2.05) is 0 Å². The number of fused-ring (bicyclic) bond motifs is 22. The fourth-order valence-corrected chi connectivity index (χ4v) is 17.0. The lowest BCUT2D eigenvalue weighted by molar-refractivity contribution is 0.760. The molecule has 0 saturated heterocycles. The third-order valence-corrected chi connectivity index (χ3v) is 20.6. The molecule has 0 N–H and O–H groups in total. The highest BCUT2D eigenvalue weighted by atomic mass is 15.1. The first kappa shape index (κ1) is 51.5. The SMILES string of the molecule is C=C1/C=C\C=C/Cc2ccccc2C12c1ccccc1-c1ccc(-c3c4ccccc4c(-c4ccc5c(c4)C4(c6ccccc6-c6ccccc64)c4ccccc4-5)c4cc(N(c5ccccc5)c5ccc6c(c5)c5ccccc5n6-c5ccccc5)ccc34)cc12. The van der Waals surface area contributed by atoms with E-state index in [0.29, 0.717) is 0 Å². The summed E-state index contributed by atoms with van der Waals surface area (Å²) in [5.74, 6) is 0. The summed E-state index contributed by atoms with van der Waals surface area (Å²) >= 11 is 0. The summed E-state index contributed by atoms with van der Waals surface area (Å²) in [5.41, 5.74) is 29.5. The molecule has 0 amide bonds. The van der Waals surface area contributed by atoms with Crippen LogP contribution in [0.4, 0.5) is 17.1 Å². The molecule has 2 spiro atoms. The van der Waals surface area contributed by atoms with Crippen LogP contribution in [0.2, 0.25) is 0 Å². The van der Waals surface area contributed by atoms with Crippen molar-refractivity contribution in [2.75, 3.05) is 4.90 Å². The lowest BCUT2D eigenvalue weighted by Crippen LogP contribution is -2.30. The van der Waals surface area contributed by atoms with Crippen molar-refractivity contribution in [3.8, 4) is 61.3 Å². The van der Waals surface area contributed by atoms with Crippen LogP contribution in [-0.2, 0) is 17.3 Å². The minimum absolute atomic E-state index is 0.514. The number of allylic oxidation sites excluding steroid dienone is 5. The van der Waals surface area contributed by atoms with Gasteiger partial charge in [-0.2, -0.15) is 0 Å². The van der Waals surface area contributed by atoms with Gasteiger partial charge in [0.2, 0.25) is 0 Å². The smallest absolute Gasteiger partial charge is 0.0725 e. The van der Waals surface area contributed by atoms with Gasteiger partial charge in [0.25, 0.3) is 0 Å². The van der Waals surface area contributed by atoms with E-state index in [1.54, 1.807) is 0 Å². The van der Waals surface area contributed by atoms with Gasteiger partial charge in [0.05, 0.1) is 21.9 Å². The van der Waals surface area contributed by atoms with Gasteiger partial charge in [-0.3, -0.25) is 0 Å². The largest absolute Gasteiger partial charge is 0.310 e. The molecule has 15 aromatic rings. The first-order valence-corrected chi connectivity index (χ1v) is 31.8. The van der Waals surface area contributed by atoms with Gasteiger partial charge in [0.1, 0.15) is 0 Å². The predicted octanol–water partition coefficient (Wildman–Crippen LogP) is 22.8. The molecule has 14 aromatic carbocycles. The maximum atomic E-state index is 5.02. The summed E-state index contributed by atoms with van der Waals surface area (Å²) in [5, 5.41) is 7.18. The van der Waals surface area contributed by atoms with Gasteiger partial charge in [0, 0.05) is 33.5 Å². The topological polar surface area (TPSA) is 8.17 Å². The first-order valence-electron chi connectivity index (χ1n) is 31.8. The first-order chi connectivity index (χ1) is 45.1. The number of aromatic nitrogens is 1. The number of nitrogens with zero attached hydrogens (tertiary/aromatic N) is 2. The summed E-state index contributed by atoms with van der Waals surface area (Å²) in [4.78, 5) is 2.46. The van der Waals surface area contributed by atoms with Crippen molar-refractivity contribution in [3.63, 3.8) is 0 Å². The molecule has 2 nitrogen and oxygen atoms in total. The Kier molecular flexibility index (Phi) is 11.1. The predicted molar refractivity (Wildman–Crippen MR) is 381 cm³/mol. The standard InChI is InChI=1S/C89H58N2/c1-57-25-5-2-6-26-58-27-11-19-39-77(58)88(57)78-40-20-14-34-67(78)69-49-45-59(53-82(69)88)86-72-37-12-13-38-73(72)87(60-46-50-70-68-35-17-23-43-81(68)89(83(70)54-60)79-41-21-15-32-65(79)66-33-16-22-42-80(66)89)76-56-63(47-51-74(76)86)90(61-28-7-3-8-29-61)64-48-52-85-75(55-64)71-36-18-24-44-84(71)91(85)62-30-9-4-10-31-62/h2-25,27-56H,1,26H2/b6-2-,25-5-. The zero-order valence-corrected chi connectivity index (χ0v) is 50.0. The van der Waals surface area contributed by atoms with Crippen molar-refractivity contribution in [3.05, 3.63) is 384 Å². The van der Waals surface area contributed by atoms with Crippen LogP contribution in [0.1, 0.15) is 44.5 Å². The Morgan fingerprint density at radius 2 is 0.758 bits per heavy atom. The molecule has 1 aromatic heterocycles. The van der Waals surface area contributed by atoms with Gasteiger partial charge < -0.3 is 9.47 Å². The fraction of sp³-hybridized carbons (Fsp3) is 0.0337. The maximum Gasteiger partial charge on any atom is 0.0725 e. The third-order valence-electron chi connectivity index (χ3n) is 20.6. The molecule has 424 valence electrons. The van der Waals surface area contributed by atoms with E-state index in [1.165, 1.54) is 143 Å². The normalized spacial score (nSPS) is 16.0. The average Bonchev–Trinajstić information content (AvgIpc) is 1.54. The second kappa shape index (κ2) is 19.7. The lowest BCUT2D eigenvalue weighted by Gasteiger charge is -2.36. The number of anilines is 3. The molecule has 4 aliphatic rings. The van der Waals surface area contributed by atoms with Crippen molar-refractivity contribution in [2.24, 2.45) is 0 Å². The molecule has 0 aliphatic heterocycles. The summed E-state index contributed by atoms with van der Waals surface area (Å²) in [6.07, 6.45) is 9.71. The molecular weight excluding hydrogens is 1100 g/mol. The zero-order valence-electron chi connectivity index (χ0n) is 50.0. The molecule has 1 unspecified atom stereocenters. The highest BCUT2D eigenvalue weighted by Crippen LogP contribution is 2.64. The van der Waals surface area contributed by atoms with Crippen molar-refractivity contribution < 1.29 is 0 Å². The summed E-state index contributed by atoms with van der Waals surface area (Å²) in [6, 6.07) is 114. The molecule has 0 fully saturated rings. The van der Waals surface area contributed by atoms with Gasteiger partial charge in [-0.05, 0) is 206 Å². The highest BCUT2D eigenvalue weighted by molar-refractivity contribution is 6.23. The van der Waals surface area contributed by atoms with Crippen LogP contribution in [0, 0.1) is 0 Å². The molecule has 0 radical (unpaired) electrons. The van der Waals surface area contributed by atoms with Crippen molar-refractivity contribution in [2.45, 2.75) is 17.3 Å². The minimum Gasteiger partial charge on any atom is -0.310 e. The van der Waals surface area contributed by atoms with Crippen molar-refractivity contribution in [1.29, 1.82) is 0 Å². The number of para-hydroxylation sites is 3. The van der Waals surface area contributed by atoms with E-state index in [4.69, 9.17) is 6.58 Å².